The lowest BCUT2D eigenvalue weighted by Crippen LogP contribution is -2.42. The van der Waals surface area contributed by atoms with Gasteiger partial charge >= 0.3 is 0 Å². The van der Waals surface area contributed by atoms with E-state index in [4.69, 9.17) is 13.9 Å². The number of fused-ring (bicyclic) bond motifs is 1. The maximum Gasteiger partial charge on any atom is 0.284 e. The second kappa shape index (κ2) is 6.34. The molecule has 0 saturated carbocycles. The van der Waals surface area contributed by atoms with Gasteiger partial charge in [-0.25, -0.2) is 13.8 Å². The van der Waals surface area contributed by atoms with Crippen molar-refractivity contribution in [2.75, 3.05) is 6.61 Å². The zero-order chi connectivity index (χ0) is 17.2. The monoisotopic (exact) mass is 351 g/mol. The number of ether oxygens (including phenoxy) is 2. The Bertz CT molecular complexity index is 888. The number of nitrogens with one attached hydrogen (secondary N) is 1. The van der Waals surface area contributed by atoms with Gasteiger partial charge in [0, 0.05) is 0 Å². The lowest BCUT2D eigenvalue weighted by atomic mass is 10.2. The Kier molecular flexibility index (Phi) is 4.23. The smallest absolute Gasteiger partial charge is 0.284 e. The lowest BCUT2D eigenvalue weighted by molar-refractivity contribution is -0.130. The van der Waals surface area contributed by atoms with Crippen LogP contribution < -0.4 is 14.9 Å². The summed E-state index contributed by atoms with van der Waals surface area (Å²) in [5.74, 6) is 0.441. The highest BCUT2D eigenvalue weighted by Crippen LogP contribution is 2.30. The van der Waals surface area contributed by atoms with E-state index >= 15 is 0 Å². The van der Waals surface area contributed by atoms with Crippen LogP contribution in [0.1, 0.15) is 5.76 Å². The molecule has 0 aliphatic carbocycles. The van der Waals surface area contributed by atoms with Gasteiger partial charge < -0.3 is 18.4 Å². The molecule has 1 aromatic heterocycles. The molecular formula is C14H11N2O7S-. The number of hydrogen-bond acceptors (Lipinski definition) is 8. The van der Waals surface area contributed by atoms with Crippen LogP contribution in [0.2, 0.25) is 0 Å². The fraction of sp³-hybridized carbons (Fsp3) is 0.143. The van der Waals surface area contributed by atoms with E-state index in [1.54, 1.807) is 24.3 Å². The molecule has 2 aromatic rings. The van der Waals surface area contributed by atoms with Crippen molar-refractivity contribution in [3.8, 4) is 11.5 Å². The summed E-state index contributed by atoms with van der Waals surface area (Å²) in [5, 5.41) is 2.89. The number of para-hydroxylation sites is 2. The largest absolute Gasteiger partial charge is 0.742 e. The highest BCUT2D eigenvalue weighted by Gasteiger charge is 2.26. The molecule has 9 nitrogen and oxygen atoms in total. The van der Waals surface area contributed by atoms with Crippen LogP contribution in [0.4, 0.5) is 0 Å². The maximum absolute atomic E-state index is 12.0. The summed E-state index contributed by atoms with van der Waals surface area (Å²) in [7, 11) is -4.67. The Morgan fingerprint density at radius 1 is 1.25 bits per heavy atom. The summed E-state index contributed by atoms with van der Waals surface area (Å²) in [6, 6.07) is 9.16. The zero-order valence-corrected chi connectivity index (χ0v) is 12.9. The first-order valence-corrected chi connectivity index (χ1v) is 8.11. The molecular weight excluding hydrogens is 340 g/mol. The number of carbonyl (C=O) groups is 1. The van der Waals surface area contributed by atoms with Crippen LogP contribution in [0.5, 0.6) is 11.5 Å². The third-order valence-corrected chi connectivity index (χ3v) is 3.73. The molecule has 0 bridgehead atoms. The summed E-state index contributed by atoms with van der Waals surface area (Å²) >= 11 is 0. The molecule has 24 heavy (non-hydrogen) atoms. The van der Waals surface area contributed by atoms with Gasteiger partial charge in [-0.05, 0) is 24.3 Å². The van der Waals surface area contributed by atoms with Crippen LogP contribution in [0.3, 0.4) is 0 Å². The quantitative estimate of drug-likeness (QED) is 0.481. The molecule has 0 spiro atoms. The van der Waals surface area contributed by atoms with E-state index in [0.29, 0.717) is 11.5 Å². The third kappa shape index (κ3) is 3.55. The van der Waals surface area contributed by atoms with Crippen LogP contribution in [0, 0.1) is 0 Å². The molecule has 1 aliphatic heterocycles. The van der Waals surface area contributed by atoms with Crippen molar-refractivity contribution in [3.05, 3.63) is 42.2 Å². The summed E-state index contributed by atoms with van der Waals surface area (Å²) in [4.78, 5) is 12.0. The van der Waals surface area contributed by atoms with Gasteiger partial charge in [-0.15, -0.1) is 0 Å². The molecule has 0 fully saturated rings. The zero-order valence-electron chi connectivity index (χ0n) is 12.0. The average molecular weight is 351 g/mol. The molecule has 0 unspecified atom stereocenters. The first-order chi connectivity index (χ1) is 11.4. The minimum Gasteiger partial charge on any atom is -0.742 e. The molecule has 3 rings (SSSR count). The first kappa shape index (κ1) is 16.0. The van der Waals surface area contributed by atoms with Crippen LogP contribution in [-0.2, 0) is 14.9 Å². The number of amides is 1. The summed E-state index contributed by atoms with van der Waals surface area (Å²) in [5.41, 5.74) is 2.22. The van der Waals surface area contributed by atoms with E-state index in [9.17, 15) is 17.8 Å². The van der Waals surface area contributed by atoms with Crippen molar-refractivity contribution in [2.24, 2.45) is 5.10 Å². The summed E-state index contributed by atoms with van der Waals surface area (Å²) in [6.07, 6.45) is 0.177. The van der Waals surface area contributed by atoms with Crippen molar-refractivity contribution < 1.29 is 31.7 Å². The van der Waals surface area contributed by atoms with Crippen LogP contribution in [-0.4, -0.2) is 37.8 Å². The van der Waals surface area contributed by atoms with Crippen molar-refractivity contribution in [2.45, 2.75) is 11.2 Å². The topological polar surface area (TPSA) is 130 Å². The molecule has 1 aromatic carbocycles. The van der Waals surface area contributed by atoms with E-state index in [0.717, 1.165) is 12.3 Å². The minimum absolute atomic E-state index is 0.00381. The minimum atomic E-state index is -4.67. The third-order valence-electron chi connectivity index (χ3n) is 3.02. The Morgan fingerprint density at radius 2 is 2.00 bits per heavy atom. The summed E-state index contributed by atoms with van der Waals surface area (Å²) < 4.78 is 47.9. The normalized spacial score (nSPS) is 17.0. The predicted molar refractivity (Wildman–Crippen MR) is 78.8 cm³/mol. The van der Waals surface area contributed by atoms with Gasteiger partial charge in [-0.2, -0.15) is 5.10 Å². The number of hydrazone groups is 1. The van der Waals surface area contributed by atoms with E-state index < -0.39 is 27.2 Å². The standard InChI is InChI=1S/C14H12N2O7S/c17-14(12-8-21-10-3-1-2-4-11(10)23-12)16-15-7-9-5-6-13(22-9)24(18,19)20/h1-7,12H,8H2,(H,16,17)(H,18,19,20)/p-1/b15-7+/t12-/m1/s1. The number of hydrogen-bond donors (Lipinski definition) is 1. The fourth-order valence-electron chi connectivity index (χ4n) is 1.92. The molecule has 0 saturated heterocycles. The van der Waals surface area contributed by atoms with Gasteiger partial charge in [0.15, 0.2) is 21.6 Å². The second-order valence-electron chi connectivity index (χ2n) is 4.71. The number of benzene rings is 1. The van der Waals surface area contributed by atoms with Crippen LogP contribution in [0.15, 0.2) is 51.0 Å². The Hall–Kier alpha value is -2.85. The molecule has 1 aliphatic rings. The predicted octanol–water partition coefficient (Wildman–Crippen LogP) is 0.474. The first-order valence-electron chi connectivity index (χ1n) is 6.70. The van der Waals surface area contributed by atoms with Gasteiger partial charge in [0.2, 0.25) is 11.2 Å². The van der Waals surface area contributed by atoms with E-state index in [1.165, 1.54) is 6.07 Å². The van der Waals surface area contributed by atoms with Crippen LogP contribution in [0.25, 0.3) is 0 Å². The maximum atomic E-state index is 12.0. The fourth-order valence-corrected chi connectivity index (χ4v) is 2.35. The Morgan fingerprint density at radius 3 is 2.71 bits per heavy atom. The average Bonchev–Trinajstić information content (AvgIpc) is 3.03. The van der Waals surface area contributed by atoms with Gasteiger partial charge in [0.25, 0.3) is 5.91 Å². The van der Waals surface area contributed by atoms with Crippen molar-refractivity contribution >= 4 is 22.2 Å². The number of carbonyl (C=O) groups excluding carboxylic acids is 1. The van der Waals surface area contributed by atoms with Crippen molar-refractivity contribution in [1.29, 1.82) is 0 Å². The molecule has 126 valence electrons. The Labute approximate surface area is 136 Å². The Balaban J connectivity index is 1.59. The highest BCUT2D eigenvalue weighted by atomic mass is 32.2. The number of furan rings is 1. The summed E-state index contributed by atoms with van der Waals surface area (Å²) in [6.45, 7) is 0.0255. The van der Waals surface area contributed by atoms with Gasteiger partial charge in [0.05, 0.1) is 6.21 Å². The van der Waals surface area contributed by atoms with Crippen molar-refractivity contribution in [3.63, 3.8) is 0 Å². The number of nitrogens with zero attached hydrogens (tertiary/aromatic N) is 1. The van der Waals surface area contributed by atoms with Gasteiger partial charge in [-0.1, -0.05) is 12.1 Å². The molecule has 10 heteroatoms. The van der Waals surface area contributed by atoms with E-state index in [2.05, 4.69) is 10.5 Å². The second-order valence-corrected chi connectivity index (χ2v) is 6.02. The molecule has 2 heterocycles. The number of rotatable bonds is 4. The lowest BCUT2D eigenvalue weighted by Gasteiger charge is -2.24. The van der Waals surface area contributed by atoms with Crippen LogP contribution >= 0.6 is 0 Å². The highest BCUT2D eigenvalue weighted by molar-refractivity contribution is 7.85. The van der Waals surface area contributed by atoms with Gasteiger partial charge in [-0.3, -0.25) is 4.79 Å². The molecule has 0 radical (unpaired) electrons. The molecule has 1 amide bonds. The molecule has 1 N–H and O–H groups in total. The molecule has 1 atom stereocenters. The SMILES string of the molecule is O=C(N/N=C/c1ccc(S(=O)(=O)[O-])o1)[C@H]1COc2ccccc2O1. The van der Waals surface area contributed by atoms with Gasteiger partial charge in [0.1, 0.15) is 12.4 Å². The van der Waals surface area contributed by atoms with E-state index in [-0.39, 0.29) is 12.4 Å². The van der Waals surface area contributed by atoms with E-state index in [1.807, 2.05) is 0 Å². The van der Waals surface area contributed by atoms with Crippen molar-refractivity contribution in [1.82, 2.24) is 5.43 Å².